The summed E-state index contributed by atoms with van der Waals surface area (Å²) in [4.78, 5) is 31.5. The standard InChI is InChI=1S/C26H22F2N2O4/c1-14(2)17-12-15(7-10-21(17)34-3)24(31)22-23(20-6-4-5-11-29-20)30(26(33)25(22)32)16-8-9-18(27)19(28)13-16/h4-14,23,31H,1-3H3/b24-22-. The molecule has 3 aromatic rings. The van der Waals surface area contributed by atoms with Crippen LogP contribution in [0, 0.1) is 11.6 Å². The minimum atomic E-state index is -1.17. The van der Waals surface area contributed by atoms with E-state index in [9.17, 15) is 23.5 Å². The molecule has 0 aliphatic carbocycles. The third-order valence-electron chi connectivity index (χ3n) is 5.72. The second-order valence-corrected chi connectivity index (χ2v) is 8.13. The monoisotopic (exact) mass is 464 g/mol. The third-order valence-corrected chi connectivity index (χ3v) is 5.72. The van der Waals surface area contributed by atoms with Gasteiger partial charge in [0.15, 0.2) is 11.6 Å². The summed E-state index contributed by atoms with van der Waals surface area (Å²) in [5, 5.41) is 11.3. The van der Waals surface area contributed by atoms with Gasteiger partial charge in [0.1, 0.15) is 17.6 Å². The Hall–Kier alpha value is -4.07. The Bertz CT molecular complexity index is 1310. The highest BCUT2D eigenvalue weighted by molar-refractivity contribution is 6.51. The van der Waals surface area contributed by atoms with E-state index in [-0.39, 0.29) is 22.9 Å². The summed E-state index contributed by atoms with van der Waals surface area (Å²) in [6, 6.07) is 11.6. The number of rotatable bonds is 5. The lowest BCUT2D eigenvalue weighted by atomic mass is 9.94. The fourth-order valence-corrected chi connectivity index (χ4v) is 4.04. The number of pyridine rings is 1. The maximum atomic E-state index is 14.0. The number of carbonyl (C=O) groups is 2. The van der Waals surface area contributed by atoms with E-state index in [0.717, 1.165) is 22.6 Å². The molecule has 1 aliphatic heterocycles. The Morgan fingerprint density at radius 2 is 1.82 bits per heavy atom. The smallest absolute Gasteiger partial charge is 0.300 e. The predicted octanol–water partition coefficient (Wildman–Crippen LogP) is 5.12. The number of anilines is 1. The molecule has 1 amide bonds. The van der Waals surface area contributed by atoms with Crippen molar-refractivity contribution in [3.8, 4) is 5.75 Å². The van der Waals surface area contributed by atoms with Crippen molar-refractivity contribution in [2.45, 2.75) is 25.8 Å². The number of carbonyl (C=O) groups excluding carboxylic acids is 2. The second kappa shape index (κ2) is 9.05. The van der Waals surface area contributed by atoms with Gasteiger partial charge in [0.2, 0.25) is 0 Å². The van der Waals surface area contributed by atoms with Crippen LogP contribution in [0.25, 0.3) is 5.76 Å². The van der Waals surface area contributed by atoms with Gasteiger partial charge in [0.05, 0.1) is 18.4 Å². The van der Waals surface area contributed by atoms with Gasteiger partial charge >= 0.3 is 0 Å². The van der Waals surface area contributed by atoms with Crippen LogP contribution in [0.4, 0.5) is 14.5 Å². The van der Waals surface area contributed by atoms with Gasteiger partial charge < -0.3 is 9.84 Å². The third kappa shape index (κ3) is 3.91. The lowest BCUT2D eigenvalue weighted by Crippen LogP contribution is -2.30. The molecular weight excluding hydrogens is 442 g/mol. The number of aliphatic hydroxyl groups excluding tert-OH is 1. The van der Waals surface area contributed by atoms with Crippen LogP contribution in [0.2, 0.25) is 0 Å². The maximum absolute atomic E-state index is 14.0. The quantitative estimate of drug-likeness (QED) is 0.322. The van der Waals surface area contributed by atoms with E-state index in [4.69, 9.17) is 4.74 Å². The van der Waals surface area contributed by atoms with Gasteiger partial charge in [-0.25, -0.2) is 8.78 Å². The number of nitrogens with zero attached hydrogens (tertiary/aromatic N) is 2. The molecule has 2 aromatic carbocycles. The Kier molecular flexibility index (Phi) is 6.15. The van der Waals surface area contributed by atoms with Crippen molar-refractivity contribution in [1.82, 2.24) is 4.98 Å². The van der Waals surface area contributed by atoms with Crippen LogP contribution in [-0.2, 0) is 9.59 Å². The fraction of sp³-hybridized carbons (Fsp3) is 0.192. The van der Waals surface area contributed by atoms with E-state index >= 15 is 0 Å². The number of aliphatic hydroxyl groups is 1. The van der Waals surface area contributed by atoms with Crippen molar-refractivity contribution in [3.05, 3.63) is 94.8 Å². The summed E-state index contributed by atoms with van der Waals surface area (Å²) in [5.41, 5.74) is 1.16. The van der Waals surface area contributed by atoms with Crippen LogP contribution in [0.1, 0.15) is 42.6 Å². The van der Waals surface area contributed by atoms with E-state index in [1.54, 1.807) is 36.4 Å². The molecule has 2 heterocycles. The average molecular weight is 464 g/mol. The van der Waals surface area contributed by atoms with Crippen molar-refractivity contribution in [2.24, 2.45) is 0 Å². The minimum absolute atomic E-state index is 0.0340. The van der Waals surface area contributed by atoms with Crippen LogP contribution < -0.4 is 9.64 Å². The summed E-state index contributed by atoms with van der Waals surface area (Å²) >= 11 is 0. The molecule has 1 saturated heterocycles. The Balaban J connectivity index is 1.94. The van der Waals surface area contributed by atoms with Gasteiger partial charge in [0, 0.05) is 23.5 Å². The first-order chi connectivity index (χ1) is 16.2. The van der Waals surface area contributed by atoms with Gasteiger partial charge in [-0.2, -0.15) is 0 Å². The Labute approximate surface area is 195 Å². The van der Waals surface area contributed by atoms with E-state index in [0.29, 0.717) is 11.3 Å². The van der Waals surface area contributed by atoms with Gasteiger partial charge in [0.25, 0.3) is 11.7 Å². The van der Waals surface area contributed by atoms with Gasteiger partial charge in [-0.15, -0.1) is 0 Å². The number of amides is 1. The molecule has 34 heavy (non-hydrogen) atoms. The first-order valence-electron chi connectivity index (χ1n) is 10.6. The topological polar surface area (TPSA) is 79.7 Å². The summed E-state index contributed by atoms with van der Waals surface area (Å²) in [6.07, 6.45) is 1.48. The number of methoxy groups -OCH3 is 1. The number of Topliss-reactive ketones (excluding diaryl/α,β-unsaturated/α-hetero) is 1. The maximum Gasteiger partial charge on any atom is 0.300 e. The molecule has 1 atom stereocenters. The average Bonchev–Trinajstić information content (AvgIpc) is 3.11. The molecule has 1 unspecified atom stereocenters. The zero-order valence-electron chi connectivity index (χ0n) is 18.8. The van der Waals surface area contributed by atoms with Crippen LogP contribution in [0.3, 0.4) is 0 Å². The second-order valence-electron chi connectivity index (χ2n) is 8.13. The highest BCUT2D eigenvalue weighted by Gasteiger charge is 2.47. The lowest BCUT2D eigenvalue weighted by molar-refractivity contribution is -0.132. The molecule has 174 valence electrons. The summed E-state index contributed by atoms with van der Waals surface area (Å²) in [7, 11) is 1.54. The van der Waals surface area contributed by atoms with Crippen LogP contribution in [0.15, 0.2) is 66.4 Å². The molecule has 0 saturated carbocycles. The number of hydrogen-bond donors (Lipinski definition) is 1. The van der Waals surface area contributed by atoms with Crippen LogP contribution in [0.5, 0.6) is 5.75 Å². The zero-order chi connectivity index (χ0) is 24.6. The van der Waals surface area contributed by atoms with Gasteiger partial charge in [-0.05, 0) is 53.9 Å². The van der Waals surface area contributed by atoms with Gasteiger partial charge in [-0.1, -0.05) is 19.9 Å². The highest BCUT2D eigenvalue weighted by Crippen LogP contribution is 2.42. The van der Waals surface area contributed by atoms with Crippen LogP contribution in [-0.4, -0.2) is 28.9 Å². The molecule has 0 spiro atoms. The van der Waals surface area contributed by atoms with E-state index < -0.39 is 35.1 Å². The Morgan fingerprint density at radius 1 is 1.06 bits per heavy atom. The van der Waals surface area contributed by atoms with Crippen molar-refractivity contribution in [2.75, 3.05) is 12.0 Å². The SMILES string of the molecule is COc1ccc(/C(O)=C2/C(=O)C(=O)N(c3ccc(F)c(F)c3)C2c2ccccn2)cc1C(C)C. The molecule has 0 bridgehead atoms. The van der Waals surface area contributed by atoms with E-state index in [1.165, 1.54) is 19.4 Å². The summed E-state index contributed by atoms with van der Waals surface area (Å²) in [6.45, 7) is 3.91. The lowest BCUT2D eigenvalue weighted by Gasteiger charge is -2.24. The first-order valence-corrected chi connectivity index (χ1v) is 10.6. The molecule has 1 fully saturated rings. The fourth-order valence-electron chi connectivity index (χ4n) is 4.04. The zero-order valence-corrected chi connectivity index (χ0v) is 18.8. The first kappa shape index (κ1) is 23.1. The molecule has 0 radical (unpaired) electrons. The highest BCUT2D eigenvalue weighted by atomic mass is 19.2. The van der Waals surface area contributed by atoms with Crippen molar-refractivity contribution < 1.29 is 28.2 Å². The van der Waals surface area contributed by atoms with Crippen molar-refractivity contribution in [1.29, 1.82) is 0 Å². The number of aromatic nitrogens is 1. The molecule has 4 rings (SSSR count). The predicted molar refractivity (Wildman–Crippen MR) is 122 cm³/mol. The largest absolute Gasteiger partial charge is 0.507 e. The number of halogens is 2. The molecular formula is C26H22F2N2O4. The van der Waals surface area contributed by atoms with Crippen molar-refractivity contribution >= 4 is 23.1 Å². The Morgan fingerprint density at radius 3 is 2.44 bits per heavy atom. The van der Waals surface area contributed by atoms with Crippen molar-refractivity contribution in [3.63, 3.8) is 0 Å². The molecule has 1 aliphatic rings. The molecule has 8 heteroatoms. The normalized spacial score (nSPS) is 17.5. The van der Waals surface area contributed by atoms with E-state index in [1.807, 2.05) is 13.8 Å². The number of ether oxygens (including phenoxy) is 1. The number of hydrogen-bond acceptors (Lipinski definition) is 5. The molecule has 6 nitrogen and oxygen atoms in total. The molecule has 1 N–H and O–H groups in total. The number of benzene rings is 2. The van der Waals surface area contributed by atoms with Gasteiger partial charge in [-0.3, -0.25) is 19.5 Å². The van der Waals surface area contributed by atoms with E-state index in [2.05, 4.69) is 4.98 Å². The number of ketones is 1. The summed E-state index contributed by atoms with van der Waals surface area (Å²) < 4.78 is 33.0. The summed E-state index contributed by atoms with van der Waals surface area (Å²) in [5.74, 6) is -3.93. The minimum Gasteiger partial charge on any atom is -0.507 e. The molecule has 1 aromatic heterocycles. The van der Waals surface area contributed by atoms with Crippen LogP contribution >= 0.6 is 0 Å².